The molecule has 3 rings (SSSR count). The Bertz CT molecular complexity index is 797. The fourth-order valence-electron chi connectivity index (χ4n) is 1.96. The van der Waals surface area contributed by atoms with E-state index in [0.29, 0.717) is 16.9 Å². The van der Waals surface area contributed by atoms with Crippen LogP contribution in [0.4, 0.5) is 11.4 Å². The Hall–Kier alpha value is -2.34. The van der Waals surface area contributed by atoms with Crippen molar-refractivity contribution in [2.75, 3.05) is 11.1 Å². The Labute approximate surface area is 123 Å². The van der Waals surface area contributed by atoms with Crippen LogP contribution in [0.5, 0.6) is 0 Å². The fraction of sp³-hybridized carbons (Fsp3) is 0. The molecule has 3 aromatic rings. The number of nitrogens with two attached hydrogens (primary N) is 1. The fourth-order valence-corrected chi connectivity index (χ4v) is 2.20. The lowest BCUT2D eigenvalue weighted by Crippen LogP contribution is -2.12. The molecule has 6 heteroatoms. The van der Waals surface area contributed by atoms with Crippen molar-refractivity contribution >= 4 is 44.1 Å². The SMILES string of the molecule is Nc1cc(C(=O)Nc2cccc3[nH]ncc23)ccc1Br. The molecule has 0 spiro atoms. The molecule has 0 unspecified atom stereocenters. The lowest BCUT2D eigenvalue weighted by molar-refractivity contribution is 0.102. The lowest BCUT2D eigenvalue weighted by Gasteiger charge is -2.07. The number of benzene rings is 2. The van der Waals surface area contributed by atoms with Crippen LogP contribution < -0.4 is 11.1 Å². The van der Waals surface area contributed by atoms with Crippen molar-refractivity contribution in [2.24, 2.45) is 0 Å². The molecule has 100 valence electrons. The average molecular weight is 331 g/mol. The van der Waals surface area contributed by atoms with Gasteiger partial charge in [0.15, 0.2) is 0 Å². The predicted molar refractivity (Wildman–Crippen MR) is 82.6 cm³/mol. The highest BCUT2D eigenvalue weighted by molar-refractivity contribution is 9.10. The van der Waals surface area contributed by atoms with Crippen LogP contribution >= 0.6 is 15.9 Å². The number of carbonyl (C=O) groups excluding carboxylic acids is 1. The molecular weight excluding hydrogens is 320 g/mol. The first-order chi connectivity index (χ1) is 9.65. The monoisotopic (exact) mass is 330 g/mol. The highest BCUT2D eigenvalue weighted by Gasteiger charge is 2.10. The molecule has 5 nitrogen and oxygen atoms in total. The number of aromatic nitrogens is 2. The Morgan fingerprint density at radius 1 is 1.30 bits per heavy atom. The van der Waals surface area contributed by atoms with Crippen LogP contribution in [0.25, 0.3) is 10.9 Å². The van der Waals surface area contributed by atoms with Crippen LogP contribution in [0.2, 0.25) is 0 Å². The normalized spacial score (nSPS) is 10.7. The molecule has 20 heavy (non-hydrogen) atoms. The topological polar surface area (TPSA) is 83.8 Å². The molecule has 1 amide bonds. The molecule has 0 aliphatic carbocycles. The van der Waals surface area contributed by atoms with E-state index >= 15 is 0 Å². The van der Waals surface area contributed by atoms with Crippen LogP contribution in [0.3, 0.4) is 0 Å². The van der Waals surface area contributed by atoms with Crippen molar-refractivity contribution in [3.63, 3.8) is 0 Å². The van der Waals surface area contributed by atoms with Gasteiger partial charge in [-0.1, -0.05) is 6.07 Å². The van der Waals surface area contributed by atoms with E-state index in [-0.39, 0.29) is 5.91 Å². The predicted octanol–water partition coefficient (Wildman–Crippen LogP) is 3.16. The standard InChI is InChI=1S/C14H11BrN4O/c15-10-5-4-8(6-11(10)16)14(20)18-12-2-1-3-13-9(12)7-17-19-13/h1-7H,16H2,(H,17,19)(H,18,20). The zero-order chi connectivity index (χ0) is 14.1. The van der Waals surface area contributed by atoms with E-state index in [0.717, 1.165) is 15.4 Å². The number of nitrogens with one attached hydrogen (secondary N) is 2. The number of halogens is 1. The average Bonchev–Trinajstić information content (AvgIpc) is 2.91. The van der Waals surface area contributed by atoms with Crippen molar-refractivity contribution in [3.05, 3.63) is 52.6 Å². The summed E-state index contributed by atoms with van der Waals surface area (Å²) in [6.45, 7) is 0. The summed E-state index contributed by atoms with van der Waals surface area (Å²) in [4.78, 5) is 12.2. The lowest BCUT2D eigenvalue weighted by atomic mass is 10.1. The zero-order valence-corrected chi connectivity index (χ0v) is 11.9. The summed E-state index contributed by atoms with van der Waals surface area (Å²) in [5, 5.41) is 10.6. The molecule has 0 radical (unpaired) electrons. The molecule has 1 aromatic heterocycles. The summed E-state index contributed by atoms with van der Waals surface area (Å²) in [6, 6.07) is 10.7. The Kier molecular flexibility index (Phi) is 3.15. The summed E-state index contributed by atoms with van der Waals surface area (Å²) < 4.78 is 0.769. The van der Waals surface area contributed by atoms with E-state index in [2.05, 4.69) is 31.4 Å². The zero-order valence-electron chi connectivity index (χ0n) is 10.4. The van der Waals surface area contributed by atoms with E-state index in [1.54, 1.807) is 24.4 Å². The number of hydrogen-bond donors (Lipinski definition) is 3. The number of anilines is 2. The maximum Gasteiger partial charge on any atom is 0.255 e. The van der Waals surface area contributed by atoms with E-state index in [4.69, 9.17) is 5.73 Å². The van der Waals surface area contributed by atoms with Crippen LogP contribution in [-0.2, 0) is 0 Å². The number of nitrogens with zero attached hydrogens (tertiary/aromatic N) is 1. The first-order valence-electron chi connectivity index (χ1n) is 5.93. The molecule has 0 saturated heterocycles. The van der Waals surface area contributed by atoms with E-state index in [1.165, 1.54) is 0 Å². The molecule has 4 N–H and O–H groups in total. The third-order valence-electron chi connectivity index (χ3n) is 2.99. The van der Waals surface area contributed by atoms with Gasteiger partial charge in [0.2, 0.25) is 0 Å². The van der Waals surface area contributed by atoms with Gasteiger partial charge in [-0.25, -0.2) is 0 Å². The number of hydrogen-bond acceptors (Lipinski definition) is 3. The van der Waals surface area contributed by atoms with Gasteiger partial charge in [-0.2, -0.15) is 5.10 Å². The number of H-pyrrole nitrogens is 1. The molecule has 1 heterocycles. The van der Waals surface area contributed by atoms with Crippen LogP contribution in [0.1, 0.15) is 10.4 Å². The third kappa shape index (κ3) is 2.25. The summed E-state index contributed by atoms with van der Waals surface area (Å²) in [5.74, 6) is -0.210. The minimum absolute atomic E-state index is 0.210. The smallest absolute Gasteiger partial charge is 0.255 e. The van der Waals surface area contributed by atoms with Crippen molar-refractivity contribution < 1.29 is 4.79 Å². The first kappa shape index (κ1) is 12.7. The van der Waals surface area contributed by atoms with Gasteiger partial charge in [0.05, 0.1) is 17.4 Å². The highest BCUT2D eigenvalue weighted by atomic mass is 79.9. The summed E-state index contributed by atoms with van der Waals surface area (Å²) >= 11 is 3.30. The largest absolute Gasteiger partial charge is 0.398 e. The summed E-state index contributed by atoms with van der Waals surface area (Å²) in [6.07, 6.45) is 1.68. The van der Waals surface area contributed by atoms with Gasteiger partial charge < -0.3 is 11.1 Å². The second-order valence-electron chi connectivity index (χ2n) is 4.33. The van der Waals surface area contributed by atoms with Gasteiger partial charge in [-0.15, -0.1) is 0 Å². The molecule has 2 aromatic carbocycles. The van der Waals surface area contributed by atoms with Crippen molar-refractivity contribution in [1.29, 1.82) is 0 Å². The maximum atomic E-state index is 12.2. The second kappa shape index (κ2) is 4.97. The minimum atomic E-state index is -0.210. The number of aromatic amines is 1. The van der Waals surface area contributed by atoms with Crippen molar-refractivity contribution in [2.45, 2.75) is 0 Å². The van der Waals surface area contributed by atoms with Gasteiger partial charge in [0.25, 0.3) is 5.91 Å². The van der Waals surface area contributed by atoms with Gasteiger partial charge in [0, 0.05) is 21.1 Å². The van der Waals surface area contributed by atoms with Gasteiger partial charge >= 0.3 is 0 Å². The molecule has 0 atom stereocenters. The highest BCUT2D eigenvalue weighted by Crippen LogP contribution is 2.23. The number of carbonyl (C=O) groups is 1. The molecule has 0 fully saturated rings. The molecule has 0 bridgehead atoms. The maximum absolute atomic E-state index is 12.2. The first-order valence-corrected chi connectivity index (χ1v) is 6.73. The third-order valence-corrected chi connectivity index (χ3v) is 3.71. The number of fused-ring (bicyclic) bond motifs is 1. The Morgan fingerprint density at radius 3 is 2.95 bits per heavy atom. The van der Waals surface area contributed by atoms with Crippen molar-refractivity contribution in [3.8, 4) is 0 Å². The number of nitrogen functional groups attached to an aromatic ring is 1. The molecule has 0 saturated carbocycles. The Balaban J connectivity index is 1.92. The number of amides is 1. The van der Waals surface area contributed by atoms with Crippen molar-refractivity contribution in [1.82, 2.24) is 10.2 Å². The van der Waals surface area contributed by atoms with Crippen LogP contribution in [0, 0.1) is 0 Å². The Morgan fingerprint density at radius 2 is 2.15 bits per heavy atom. The van der Waals surface area contributed by atoms with Gasteiger partial charge in [0.1, 0.15) is 0 Å². The molecule has 0 aliphatic heterocycles. The van der Waals surface area contributed by atoms with Gasteiger partial charge in [-0.3, -0.25) is 9.89 Å². The number of rotatable bonds is 2. The summed E-state index contributed by atoms with van der Waals surface area (Å²) in [7, 11) is 0. The van der Waals surface area contributed by atoms with E-state index < -0.39 is 0 Å². The van der Waals surface area contributed by atoms with E-state index in [1.807, 2.05) is 18.2 Å². The van der Waals surface area contributed by atoms with Gasteiger partial charge in [-0.05, 0) is 46.3 Å². The summed E-state index contributed by atoms with van der Waals surface area (Å²) in [5.41, 5.74) is 8.40. The second-order valence-corrected chi connectivity index (χ2v) is 5.18. The van der Waals surface area contributed by atoms with Crippen LogP contribution in [0.15, 0.2) is 47.1 Å². The molecule has 0 aliphatic rings. The minimum Gasteiger partial charge on any atom is -0.398 e. The quantitative estimate of drug-likeness (QED) is 0.631. The van der Waals surface area contributed by atoms with E-state index in [9.17, 15) is 4.79 Å². The van der Waals surface area contributed by atoms with Crippen LogP contribution in [-0.4, -0.2) is 16.1 Å². The molecular formula is C14H11BrN4O.